The molecule has 0 spiro atoms. The molecule has 0 aromatic rings. The van der Waals surface area contributed by atoms with Crippen LogP contribution >= 0.6 is 11.6 Å². The van der Waals surface area contributed by atoms with Crippen molar-refractivity contribution in [3.05, 3.63) is 11.1 Å². The van der Waals surface area contributed by atoms with Crippen molar-refractivity contribution >= 4 is 11.6 Å². The molecule has 0 aliphatic carbocycles. The molecule has 1 fully saturated rings. The van der Waals surface area contributed by atoms with Crippen molar-refractivity contribution in [2.75, 3.05) is 19.6 Å². The fraction of sp³-hybridized carbons (Fsp3) is 0.857. The average Bonchev–Trinajstić information content (AvgIpc) is 2.28. The lowest BCUT2D eigenvalue weighted by atomic mass is 9.94. The van der Waals surface area contributed by atoms with Crippen LogP contribution in [0, 0.1) is 11.8 Å². The van der Waals surface area contributed by atoms with Crippen LogP contribution in [0.1, 0.15) is 34.6 Å². The summed E-state index contributed by atoms with van der Waals surface area (Å²) < 4.78 is 0. The van der Waals surface area contributed by atoms with E-state index in [9.17, 15) is 0 Å². The van der Waals surface area contributed by atoms with E-state index in [4.69, 9.17) is 11.6 Å². The highest BCUT2D eigenvalue weighted by Crippen LogP contribution is 2.19. The van der Waals surface area contributed by atoms with Crippen molar-refractivity contribution in [1.29, 1.82) is 0 Å². The van der Waals surface area contributed by atoms with Gasteiger partial charge in [-0.3, -0.25) is 4.90 Å². The van der Waals surface area contributed by atoms with Gasteiger partial charge in [-0.1, -0.05) is 39.3 Å². The minimum Gasteiger partial charge on any atom is -0.311 e. The first-order valence-corrected chi connectivity index (χ1v) is 7.12. The Hall–Kier alpha value is -0.0500. The van der Waals surface area contributed by atoms with E-state index in [0.29, 0.717) is 23.9 Å². The zero-order valence-electron chi connectivity index (χ0n) is 11.8. The molecule has 1 rings (SSSR count). The smallest absolute Gasteiger partial charge is 0.0247 e. The third-order valence-corrected chi connectivity index (χ3v) is 4.07. The highest BCUT2D eigenvalue weighted by Gasteiger charge is 2.30. The summed E-state index contributed by atoms with van der Waals surface area (Å²) in [7, 11) is 0. The van der Waals surface area contributed by atoms with E-state index < -0.39 is 0 Å². The number of piperazine rings is 1. The molecule has 1 heterocycles. The zero-order chi connectivity index (χ0) is 13.0. The Bertz CT molecular complexity index is 261. The molecule has 1 N–H and O–H groups in total. The van der Waals surface area contributed by atoms with Crippen LogP contribution in [0.25, 0.3) is 0 Å². The fourth-order valence-electron chi connectivity index (χ4n) is 2.49. The maximum atomic E-state index is 5.79. The van der Waals surface area contributed by atoms with Crippen molar-refractivity contribution in [2.45, 2.75) is 46.7 Å². The Morgan fingerprint density at radius 2 is 2.00 bits per heavy atom. The Labute approximate surface area is 111 Å². The van der Waals surface area contributed by atoms with Crippen LogP contribution in [-0.4, -0.2) is 36.6 Å². The van der Waals surface area contributed by atoms with Crippen molar-refractivity contribution in [2.24, 2.45) is 11.8 Å². The molecule has 0 saturated carbocycles. The molecule has 0 aromatic carbocycles. The predicted molar refractivity (Wildman–Crippen MR) is 76.4 cm³/mol. The first-order valence-electron chi connectivity index (χ1n) is 6.69. The van der Waals surface area contributed by atoms with Crippen molar-refractivity contribution in [1.82, 2.24) is 10.2 Å². The van der Waals surface area contributed by atoms with Crippen LogP contribution in [0.4, 0.5) is 0 Å². The SMILES string of the molecule is CC(=CCl)CN1CC(C(C)C)NCC1C(C)C. The second-order valence-electron chi connectivity index (χ2n) is 5.96. The maximum absolute atomic E-state index is 5.79. The maximum Gasteiger partial charge on any atom is 0.0247 e. The summed E-state index contributed by atoms with van der Waals surface area (Å²) in [5.74, 6) is 1.37. The number of halogens is 1. The van der Waals surface area contributed by atoms with E-state index in [1.165, 1.54) is 5.57 Å². The Morgan fingerprint density at radius 1 is 1.35 bits per heavy atom. The minimum atomic E-state index is 0.605. The standard InChI is InChI=1S/C14H27ClN2/c1-10(2)13-9-17(8-12(5)6-15)14(7-16-13)11(3)4/h6,10-11,13-14,16H,7-9H2,1-5H3. The third-order valence-electron chi connectivity index (χ3n) is 3.70. The van der Waals surface area contributed by atoms with Crippen LogP contribution < -0.4 is 5.32 Å². The van der Waals surface area contributed by atoms with Crippen LogP contribution in [-0.2, 0) is 0 Å². The monoisotopic (exact) mass is 258 g/mol. The van der Waals surface area contributed by atoms with E-state index in [1.807, 2.05) is 0 Å². The van der Waals surface area contributed by atoms with E-state index in [-0.39, 0.29) is 0 Å². The Kier molecular flexibility index (Phi) is 5.98. The predicted octanol–water partition coefficient (Wildman–Crippen LogP) is 3.08. The molecule has 2 atom stereocenters. The summed E-state index contributed by atoms with van der Waals surface area (Å²) in [5, 5.41) is 3.68. The highest BCUT2D eigenvalue weighted by molar-refractivity contribution is 6.25. The zero-order valence-corrected chi connectivity index (χ0v) is 12.6. The van der Waals surface area contributed by atoms with Gasteiger partial charge in [0.15, 0.2) is 0 Å². The minimum absolute atomic E-state index is 0.605. The molecule has 17 heavy (non-hydrogen) atoms. The van der Waals surface area contributed by atoms with Crippen molar-refractivity contribution in [3.63, 3.8) is 0 Å². The molecule has 0 bridgehead atoms. The molecular weight excluding hydrogens is 232 g/mol. The molecule has 2 nitrogen and oxygen atoms in total. The Morgan fingerprint density at radius 3 is 2.47 bits per heavy atom. The van der Waals surface area contributed by atoms with Crippen molar-refractivity contribution in [3.8, 4) is 0 Å². The van der Waals surface area contributed by atoms with E-state index >= 15 is 0 Å². The number of rotatable bonds is 4. The van der Waals surface area contributed by atoms with Gasteiger partial charge in [-0.15, -0.1) is 0 Å². The van der Waals surface area contributed by atoms with Gasteiger partial charge >= 0.3 is 0 Å². The van der Waals surface area contributed by atoms with Gasteiger partial charge in [-0.25, -0.2) is 0 Å². The summed E-state index contributed by atoms with van der Waals surface area (Å²) >= 11 is 5.79. The van der Waals surface area contributed by atoms with Crippen LogP contribution in [0.3, 0.4) is 0 Å². The lowest BCUT2D eigenvalue weighted by molar-refractivity contribution is 0.0945. The van der Waals surface area contributed by atoms with E-state index in [1.54, 1.807) is 5.54 Å². The second kappa shape index (κ2) is 6.77. The van der Waals surface area contributed by atoms with E-state index in [0.717, 1.165) is 19.6 Å². The third kappa shape index (κ3) is 4.27. The molecule has 0 amide bonds. The number of hydrogen-bond donors (Lipinski definition) is 1. The van der Waals surface area contributed by atoms with Gasteiger partial charge in [-0.05, 0) is 24.3 Å². The number of hydrogen-bond acceptors (Lipinski definition) is 2. The van der Waals surface area contributed by atoms with E-state index in [2.05, 4.69) is 44.8 Å². The van der Waals surface area contributed by atoms with Gasteiger partial charge < -0.3 is 5.32 Å². The molecule has 2 unspecified atom stereocenters. The van der Waals surface area contributed by atoms with Gasteiger partial charge in [0.1, 0.15) is 0 Å². The topological polar surface area (TPSA) is 15.3 Å². The number of nitrogens with zero attached hydrogens (tertiary/aromatic N) is 1. The van der Waals surface area contributed by atoms with Gasteiger partial charge in [0.05, 0.1) is 0 Å². The molecule has 100 valence electrons. The summed E-state index contributed by atoms with van der Waals surface area (Å²) in [6, 6.07) is 1.23. The first-order chi connectivity index (χ1) is 7.95. The first kappa shape index (κ1) is 15.0. The highest BCUT2D eigenvalue weighted by atomic mass is 35.5. The lowest BCUT2D eigenvalue weighted by Crippen LogP contribution is -2.59. The van der Waals surface area contributed by atoms with Gasteiger partial charge in [0, 0.05) is 37.3 Å². The molecule has 1 aliphatic rings. The quantitative estimate of drug-likeness (QED) is 0.834. The fourth-order valence-corrected chi connectivity index (χ4v) is 2.56. The number of nitrogens with one attached hydrogen (secondary N) is 1. The molecule has 0 aromatic heterocycles. The lowest BCUT2D eigenvalue weighted by Gasteiger charge is -2.43. The average molecular weight is 259 g/mol. The van der Waals surface area contributed by atoms with Crippen molar-refractivity contribution < 1.29 is 0 Å². The Balaban J connectivity index is 2.69. The van der Waals surface area contributed by atoms with Gasteiger partial charge in [-0.2, -0.15) is 0 Å². The molecule has 1 aliphatic heterocycles. The summed E-state index contributed by atoms with van der Waals surface area (Å²) in [4.78, 5) is 2.58. The largest absolute Gasteiger partial charge is 0.311 e. The van der Waals surface area contributed by atoms with Crippen LogP contribution in [0.2, 0.25) is 0 Å². The molecule has 0 radical (unpaired) electrons. The summed E-state index contributed by atoms with van der Waals surface area (Å²) in [5.41, 5.74) is 2.96. The van der Waals surface area contributed by atoms with Crippen LogP contribution in [0.15, 0.2) is 11.1 Å². The normalized spacial score (nSPS) is 28.1. The molecule has 1 saturated heterocycles. The molecular formula is C14H27ClN2. The van der Waals surface area contributed by atoms with Gasteiger partial charge in [0.2, 0.25) is 0 Å². The second-order valence-corrected chi connectivity index (χ2v) is 6.17. The summed E-state index contributed by atoms with van der Waals surface area (Å²) in [6.45, 7) is 14.5. The van der Waals surface area contributed by atoms with Crippen LogP contribution in [0.5, 0.6) is 0 Å². The summed E-state index contributed by atoms with van der Waals surface area (Å²) in [6.07, 6.45) is 0. The van der Waals surface area contributed by atoms with Gasteiger partial charge in [0.25, 0.3) is 0 Å². The molecule has 3 heteroatoms.